The van der Waals surface area contributed by atoms with Crippen molar-refractivity contribution in [2.24, 2.45) is 0 Å². The largest absolute Gasteiger partial charge is 0.493 e. The fraction of sp³-hybridized carbons (Fsp3) is 0.308. The van der Waals surface area contributed by atoms with Gasteiger partial charge in [-0.25, -0.2) is 4.39 Å². The average molecular weight is 451 g/mol. The highest BCUT2D eigenvalue weighted by molar-refractivity contribution is 6.17. The lowest BCUT2D eigenvalue weighted by Crippen LogP contribution is -2.24. The fourth-order valence-electron chi connectivity index (χ4n) is 4.14. The van der Waals surface area contributed by atoms with E-state index in [0.29, 0.717) is 41.4 Å². The summed E-state index contributed by atoms with van der Waals surface area (Å²) in [7, 11) is 0. The van der Waals surface area contributed by atoms with Gasteiger partial charge < -0.3 is 19.5 Å². The number of nitrogens with zero attached hydrogens (tertiary/aromatic N) is 1. The number of ether oxygens (including phenoxy) is 2. The number of carbonyl (C=O) groups is 2. The number of carboxylic acids is 1. The molecule has 3 aromatic rings. The number of hydrogen-bond donors (Lipinski definition) is 1. The first-order valence-corrected chi connectivity index (χ1v) is 11.1. The van der Waals surface area contributed by atoms with Crippen molar-refractivity contribution in [3.63, 3.8) is 0 Å². The van der Waals surface area contributed by atoms with E-state index in [1.807, 2.05) is 38.1 Å². The topological polar surface area (TPSA) is 76.1 Å². The van der Waals surface area contributed by atoms with Gasteiger partial charge in [0.05, 0.1) is 37.4 Å². The summed E-state index contributed by atoms with van der Waals surface area (Å²) < 4.78 is 27.1. The molecule has 1 aliphatic heterocycles. The number of amides is 1. The van der Waals surface area contributed by atoms with Crippen LogP contribution in [0.3, 0.4) is 0 Å². The lowest BCUT2D eigenvalue weighted by atomic mass is 9.99. The van der Waals surface area contributed by atoms with Gasteiger partial charge in [-0.3, -0.25) is 9.59 Å². The smallest absolute Gasteiger partial charge is 0.307 e. The molecular weight excluding hydrogens is 425 g/mol. The van der Waals surface area contributed by atoms with Gasteiger partial charge in [-0.15, -0.1) is 0 Å². The molecule has 0 bridgehead atoms. The third-order valence-corrected chi connectivity index (χ3v) is 5.55. The summed E-state index contributed by atoms with van der Waals surface area (Å²) in [5.41, 5.74) is 1.49. The van der Waals surface area contributed by atoms with Crippen molar-refractivity contribution in [3.05, 3.63) is 65.0 Å². The van der Waals surface area contributed by atoms with Crippen LogP contribution in [0.15, 0.2) is 42.5 Å². The predicted octanol–water partition coefficient (Wildman–Crippen LogP) is 5.34. The quantitative estimate of drug-likeness (QED) is 0.475. The van der Waals surface area contributed by atoms with Crippen LogP contribution in [0.25, 0.3) is 10.8 Å². The van der Waals surface area contributed by atoms with E-state index >= 15 is 0 Å². The zero-order valence-electron chi connectivity index (χ0n) is 18.7. The van der Waals surface area contributed by atoms with Crippen molar-refractivity contribution in [2.45, 2.75) is 39.7 Å². The molecule has 1 heterocycles. The van der Waals surface area contributed by atoms with E-state index in [2.05, 4.69) is 0 Å². The van der Waals surface area contributed by atoms with E-state index in [1.54, 1.807) is 0 Å². The standard InChI is InChI=1S/C26H26FNO5/c1-3-11-32-24-17-7-5-6-8-18(17)25(33-12-4-2)23-19(24)15-28(26(23)31)21-10-9-16(13-20(21)27)14-22(29)30/h5-10,13H,3-4,11-12,14-15H2,1-2H3,(H,29,30). The Morgan fingerprint density at radius 2 is 1.67 bits per heavy atom. The molecule has 0 aromatic heterocycles. The van der Waals surface area contributed by atoms with Gasteiger partial charge in [0.1, 0.15) is 17.3 Å². The average Bonchev–Trinajstić information content (AvgIpc) is 3.12. The minimum absolute atomic E-state index is 0.0947. The molecule has 4 rings (SSSR count). The lowest BCUT2D eigenvalue weighted by molar-refractivity contribution is -0.136. The first-order chi connectivity index (χ1) is 16.0. The molecule has 0 atom stereocenters. The Kier molecular flexibility index (Phi) is 6.49. The number of anilines is 1. The van der Waals surface area contributed by atoms with Gasteiger partial charge in [-0.1, -0.05) is 44.2 Å². The van der Waals surface area contributed by atoms with Crippen molar-refractivity contribution >= 4 is 28.3 Å². The Morgan fingerprint density at radius 1 is 1.03 bits per heavy atom. The van der Waals surface area contributed by atoms with E-state index in [0.717, 1.165) is 23.6 Å². The van der Waals surface area contributed by atoms with Crippen LogP contribution in [0.1, 0.15) is 48.2 Å². The number of hydrogen-bond acceptors (Lipinski definition) is 4. The second kappa shape index (κ2) is 9.48. The summed E-state index contributed by atoms with van der Waals surface area (Å²) in [6.07, 6.45) is 1.28. The minimum Gasteiger partial charge on any atom is -0.493 e. The van der Waals surface area contributed by atoms with Crippen LogP contribution < -0.4 is 14.4 Å². The Labute approximate surface area is 191 Å². The van der Waals surface area contributed by atoms with Gasteiger partial charge >= 0.3 is 5.97 Å². The van der Waals surface area contributed by atoms with Crippen molar-refractivity contribution in [2.75, 3.05) is 18.1 Å². The predicted molar refractivity (Wildman–Crippen MR) is 124 cm³/mol. The second-order valence-electron chi connectivity index (χ2n) is 8.00. The van der Waals surface area contributed by atoms with Crippen LogP contribution in [-0.2, 0) is 17.8 Å². The third-order valence-electron chi connectivity index (χ3n) is 5.55. The van der Waals surface area contributed by atoms with Crippen LogP contribution in [0.5, 0.6) is 11.5 Å². The van der Waals surface area contributed by atoms with E-state index in [1.165, 1.54) is 23.1 Å². The molecule has 33 heavy (non-hydrogen) atoms. The van der Waals surface area contributed by atoms with E-state index in [-0.39, 0.29) is 24.6 Å². The van der Waals surface area contributed by atoms with E-state index in [9.17, 15) is 14.0 Å². The summed E-state index contributed by atoms with van der Waals surface area (Å²) in [6, 6.07) is 11.8. The molecule has 7 heteroatoms. The van der Waals surface area contributed by atoms with Crippen LogP contribution in [0.2, 0.25) is 0 Å². The molecule has 172 valence electrons. The number of halogens is 1. The van der Waals surface area contributed by atoms with Gasteiger partial charge in [-0.2, -0.15) is 0 Å². The second-order valence-corrected chi connectivity index (χ2v) is 8.00. The van der Waals surface area contributed by atoms with Gasteiger partial charge in [0.15, 0.2) is 0 Å². The van der Waals surface area contributed by atoms with Crippen molar-refractivity contribution < 1.29 is 28.6 Å². The summed E-state index contributed by atoms with van der Waals surface area (Å²) in [4.78, 5) is 25.9. The highest BCUT2D eigenvalue weighted by Crippen LogP contribution is 2.46. The maximum atomic E-state index is 15.0. The Balaban J connectivity index is 1.85. The van der Waals surface area contributed by atoms with Gasteiger partial charge in [-0.05, 0) is 30.5 Å². The zero-order valence-corrected chi connectivity index (χ0v) is 18.7. The molecule has 1 aliphatic rings. The van der Waals surface area contributed by atoms with E-state index in [4.69, 9.17) is 14.6 Å². The van der Waals surface area contributed by atoms with Crippen LogP contribution >= 0.6 is 0 Å². The summed E-state index contributed by atoms with van der Waals surface area (Å²) in [5.74, 6) is -0.958. The molecule has 0 saturated heterocycles. The van der Waals surface area contributed by atoms with Crippen molar-refractivity contribution in [1.82, 2.24) is 0 Å². The number of rotatable bonds is 9. The maximum Gasteiger partial charge on any atom is 0.307 e. The normalized spacial score (nSPS) is 12.8. The molecule has 1 N–H and O–H groups in total. The van der Waals surface area contributed by atoms with Crippen molar-refractivity contribution in [1.29, 1.82) is 0 Å². The monoisotopic (exact) mass is 451 g/mol. The molecule has 3 aromatic carbocycles. The molecule has 6 nitrogen and oxygen atoms in total. The van der Waals surface area contributed by atoms with Crippen molar-refractivity contribution in [3.8, 4) is 11.5 Å². The van der Waals surface area contributed by atoms with Gasteiger partial charge in [0.2, 0.25) is 0 Å². The number of benzene rings is 3. The first kappa shape index (κ1) is 22.6. The van der Waals surface area contributed by atoms with Gasteiger partial charge in [0.25, 0.3) is 5.91 Å². The Morgan fingerprint density at radius 3 is 2.27 bits per heavy atom. The molecular formula is C26H26FNO5. The van der Waals surface area contributed by atoms with E-state index < -0.39 is 11.8 Å². The summed E-state index contributed by atoms with van der Waals surface area (Å²) in [5, 5.41) is 10.6. The van der Waals surface area contributed by atoms with Crippen LogP contribution in [0, 0.1) is 5.82 Å². The Bertz CT molecular complexity index is 1220. The summed E-state index contributed by atoms with van der Waals surface area (Å²) in [6.45, 7) is 5.06. The molecule has 0 spiro atoms. The maximum absolute atomic E-state index is 15.0. The third kappa shape index (κ3) is 4.23. The zero-order chi connectivity index (χ0) is 23.5. The number of carboxylic acid groups (broad SMARTS) is 1. The summed E-state index contributed by atoms with van der Waals surface area (Å²) >= 11 is 0. The highest BCUT2D eigenvalue weighted by Gasteiger charge is 2.37. The number of aliphatic carboxylic acids is 1. The molecule has 1 amide bonds. The fourth-order valence-corrected chi connectivity index (χ4v) is 4.14. The number of carbonyl (C=O) groups excluding carboxylic acids is 1. The van der Waals surface area contributed by atoms with Crippen LogP contribution in [0.4, 0.5) is 10.1 Å². The van der Waals surface area contributed by atoms with Gasteiger partial charge in [0, 0.05) is 16.3 Å². The first-order valence-electron chi connectivity index (χ1n) is 11.1. The molecule has 0 unspecified atom stereocenters. The molecule has 0 radical (unpaired) electrons. The van der Waals surface area contributed by atoms with Crippen LogP contribution in [-0.4, -0.2) is 30.2 Å². The SMILES string of the molecule is CCCOc1c2c(c(OCCC)c3ccccc13)C(=O)N(c1ccc(CC(=O)O)cc1F)C2. The number of fused-ring (bicyclic) bond motifs is 2. The molecule has 0 saturated carbocycles. The Hall–Kier alpha value is -3.61. The highest BCUT2D eigenvalue weighted by atomic mass is 19.1. The molecule has 0 aliphatic carbocycles. The molecule has 0 fully saturated rings. The minimum atomic E-state index is -1.05. The lowest BCUT2D eigenvalue weighted by Gasteiger charge is -2.17.